The lowest BCUT2D eigenvalue weighted by atomic mass is 10.5. The Balaban J connectivity index is 2.69. The Morgan fingerprint density at radius 1 is 1.18 bits per heavy atom. The van der Waals surface area contributed by atoms with E-state index in [1.807, 2.05) is 0 Å². The molecule has 4 nitrogen and oxygen atoms in total. The molecule has 0 radical (unpaired) electrons. The van der Waals surface area contributed by atoms with Crippen LogP contribution in [0.25, 0.3) is 0 Å². The number of rotatable bonds is 8. The fourth-order valence-corrected chi connectivity index (χ4v) is 0.706. The van der Waals surface area contributed by atoms with Gasteiger partial charge in [0.1, 0.15) is 0 Å². The Kier molecular flexibility index (Phi) is 9.70. The molecule has 0 unspecified atom stereocenters. The van der Waals surface area contributed by atoms with Crippen molar-refractivity contribution < 1.29 is 4.74 Å². The van der Waals surface area contributed by atoms with Gasteiger partial charge in [0.25, 0.3) is 0 Å². The third-order valence-corrected chi connectivity index (χ3v) is 1.27. The summed E-state index contributed by atoms with van der Waals surface area (Å²) in [5.41, 5.74) is 5.13. The minimum absolute atomic E-state index is 0.314. The van der Waals surface area contributed by atoms with E-state index in [9.17, 15) is 0 Å². The second kappa shape index (κ2) is 9.84. The van der Waals surface area contributed by atoms with Crippen LogP contribution in [0.2, 0.25) is 0 Å². The number of hydrogen-bond donors (Lipinski definition) is 3. The van der Waals surface area contributed by atoms with E-state index >= 15 is 0 Å². The van der Waals surface area contributed by atoms with Gasteiger partial charge < -0.3 is 21.1 Å². The Morgan fingerprint density at radius 3 is 2.55 bits per heavy atom. The monoisotopic (exact) mass is 161 g/mol. The van der Waals surface area contributed by atoms with Crippen molar-refractivity contribution in [2.75, 3.05) is 39.5 Å². The zero-order valence-electron chi connectivity index (χ0n) is 7.23. The predicted molar refractivity (Wildman–Crippen MR) is 46.4 cm³/mol. The standard InChI is InChI=1S/C7H19N3O/c1-2-9-3-4-10-5-6-11-7-8/h9-10H,2-8H2,1H3. The Labute approximate surface area is 68.5 Å². The Hall–Kier alpha value is -0.160. The van der Waals surface area contributed by atoms with Gasteiger partial charge in [0.15, 0.2) is 0 Å². The first kappa shape index (κ1) is 10.8. The molecule has 0 fully saturated rings. The molecule has 11 heavy (non-hydrogen) atoms. The van der Waals surface area contributed by atoms with E-state index in [0.29, 0.717) is 13.3 Å². The highest BCUT2D eigenvalue weighted by Crippen LogP contribution is 1.65. The first-order valence-corrected chi connectivity index (χ1v) is 4.11. The predicted octanol–water partition coefficient (Wildman–Crippen LogP) is -0.882. The van der Waals surface area contributed by atoms with Crippen molar-refractivity contribution in [2.24, 2.45) is 5.73 Å². The number of hydrogen-bond acceptors (Lipinski definition) is 4. The van der Waals surface area contributed by atoms with Crippen LogP contribution >= 0.6 is 0 Å². The minimum Gasteiger partial charge on any atom is -0.365 e. The van der Waals surface area contributed by atoms with Crippen LogP contribution in [0, 0.1) is 0 Å². The fourth-order valence-electron chi connectivity index (χ4n) is 0.706. The summed E-state index contributed by atoms with van der Waals surface area (Å²) in [6, 6.07) is 0. The van der Waals surface area contributed by atoms with Gasteiger partial charge in [-0.3, -0.25) is 0 Å². The average Bonchev–Trinajstić information content (AvgIpc) is 2.03. The molecule has 0 aromatic carbocycles. The molecule has 4 N–H and O–H groups in total. The summed E-state index contributed by atoms with van der Waals surface area (Å²) >= 11 is 0. The molecule has 0 saturated heterocycles. The molecule has 0 aliphatic carbocycles. The van der Waals surface area contributed by atoms with E-state index in [4.69, 9.17) is 10.5 Å². The minimum atomic E-state index is 0.314. The Morgan fingerprint density at radius 2 is 1.91 bits per heavy atom. The van der Waals surface area contributed by atoms with Crippen LogP contribution in [-0.2, 0) is 4.74 Å². The smallest absolute Gasteiger partial charge is 0.0940 e. The topological polar surface area (TPSA) is 59.3 Å². The normalized spacial score (nSPS) is 10.4. The van der Waals surface area contributed by atoms with Crippen molar-refractivity contribution in [1.82, 2.24) is 10.6 Å². The van der Waals surface area contributed by atoms with E-state index in [-0.39, 0.29) is 0 Å². The molecule has 68 valence electrons. The molecule has 0 saturated carbocycles. The van der Waals surface area contributed by atoms with Gasteiger partial charge in [-0.1, -0.05) is 6.92 Å². The summed E-state index contributed by atoms with van der Waals surface area (Å²) in [4.78, 5) is 0. The van der Waals surface area contributed by atoms with Crippen molar-refractivity contribution in [2.45, 2.75) is 6.92 Å². The molecule has 0 amide bonds. The maximum absolute atomic E-state index is 5.13. The molecule has 0 spiro atoms. The van der Waals surface area contributed by atoms with Gasteiger partial charge in [-0.05, 0) is 6.54 Å². The maximum Gasteiger partial charge on any atom is 0.0940 e. The highest BCUT2D eigenvalue weighted by molar-refractivity contribution is 4.48. The van der Waals surface area contributed by atoms with E-state index in [0.717, 1.165) is 26.2 Å². The molecule has 0 aliphatic rings. The molecule has 4 heteroatoms. The zero-order valence-corrected chi connectivity index (χ0v) is 7.23. The largest absolute Gasteiger partial charge is 0.365 e. The van der Waals surface area contributed by atoms with Crippen LogP contribution in [0.1, 0.15) is 6.92 Å². The van der Waals surface area contributed by atoms with E-state index in [1.165, 1.54) is 0 Å². The lowest BCUT2D eigenvalue weighted by Gasteiger charge is -2.04. The fraction of sp³-hybridized carbons (Fsp3) is 1.00. The summed E-state index contributed by atoms with van der Waals surface area (Å²) in [6.45, 7) is 7.01. The lowest BCUT2D eigenvalue weighted by molar-refractivity contribution is 0.143. The average molecular weight is 161 g/mol. The summed E-state index contributed by atoms with van der Waals surface area (Å²) in [6.07, 6.45) is 0. The first-order valence-electron chi connectivity index (χ1n) is 4.11. The van der Waals surface area contributed by atoms with Crippen LogP contribution in [0.15, 0.2) is 0 Å². The highest BCUT2D eigenvalue weighted by Gasteiger charge is 1.85. The van der Waals surface area contributed by atoms with Gasteiger partial charge in [0, 0.05) is 19.6 Å². The number of nitrogens with two attached hydrogens (primary N) is 1. The third-order valence-electron chi connectivity index (χ3n) is 1.27. The molecule has 0 aromatic rings. The maximum atomic E-state index is 5.13. The molecule has 0 atom stereocenters. The second-order valence-electron chi connectivity index (χ2n) is 2.18. The van der Waals surface area contributed by atoms with Crippen molar-refractivity contribution in [3.05, 3.63) is 0 Å². The SMILES string of the molecule is CCNCCNCCOCN. The van der Waals surface area contributed by atoms with E-state index < -0.39 is 0 Å². The van der Waals surface area contributed by atoms with Gasteiger partial charge in [0.2, 0.25) is 0 Å². The van der Waals surface area contributed by atoms with Crippen molar-refractivity contribution in [3.8, 4) is 0 Å². The molecular weight excluding hydrogens is 142 g/mol. The van der Waals surface area contributed by atoms with Gasteiger partial charge in [-0.2, -0.15) is 0 Å². The second-order valence-corrected chi connectivity index (χ2v) is 2.18. The summed E-state index contributed by atoms with van der Waals surface area (Å²) in [5.74, 6) is 0. The van der Waals surface area contributed by atoms with E-state index in [1.54, 1.807) is 0 Å². The quantitative estimate of drug-likeness (QED) is 0.319. The number of likely N-dealkylation sites (N-methyl/N-ethyl adjacent to an activating group) is 1. The molecule has 0 aromatic heterocycles. The van der Waals surface area contributed by atoms with Crippen LogP contribution < -0.4 is 16.4 Å². The zero-order chi connectivity index (χ0) is 8.36. The Bertz CT molecular complexity index is 62.7. The molecular formula is C7H19N3O. The molecule has 0 rings (SSSR count). The van der Waals surface area contributed by atoms with E-state index in [2.05, 4.69) is 17.6 Å². The third kappa shape index (κ3) is 9.84. The van der Waals surface area contributed by atoms with Crippen LogP contribution in [0.4, 0.5) is 0 Å². The van der Waals surface area contributed by atoms with Crippen molar-refractivity contribution in [3.63, 3.8) is 0 Å². The van der Waals surface area contributed by atoms with Crippen molar-refractivity contribution in [1.29, 1.82) is 0 Å². The van der Waals surface area contributed by atoms with Gasteiger partial charge in [-0.25, -0.2) is 0 Å². The van der Waals surface area contributed by atoms with Gasteiger partial charge in [-0.15, -0.1) is 0 Å². The summed E-state index contributed by atoms with van der Waals surface area (Å²) in [7, 11) is 0. The van der Waals surface area contributed by atoms with Crippen LogP contribution in [-0.4, -0.2) is 39.5 Å². The lowest BCUT2D eigenvalue weighted by Crippen LogP contribution is -2.29. The number of nitrogens with one attached hydrogen (secondary N) is 2. The van der Waals surface area contributed by atoms with Crippen LogP contribution in [0.3, 0.4) is 0 Å². The van der Waals surface area contributed by atoms with Gasteiger partial charge in [0.05, 0.1) is 13.3 Å². The van der Waals surface area contributed by atoms with Gasteiger partial charge >= 0.3 is 0 Å². The number of ether oxygens (including phenoxy) is 1. The molecule has 0 heterocycles. The molecule has 0 bridgehead atoms. The van der Waals surface area contributed by atoms with Crippen molar-refractivity contribution >= 4 is 0 Å². The first-order chi connectivity index (χ1) is 5.41. The van der Waals surface area contributed by atoms with Crippen LogP contribution in [0.5, 0.6) is 0 Å². The summed E-state index contributed by atoms with van der Waals surface area (Å²) in [5, 5.41) is 6.42. The highest BCUT2D eigenvalue weighted by atomic mass is 16.5. The molecule has 0 aliphatic heterocycles. The summed E-state index contributed by atoms with van der Waals surface area (Å²) < 4.78 is 4.93.